The first kappa shape index (κ1) is 12.2. The van der Waals surface area contributed by atoms with Crippen LogP contribution in [0.25, 0.3) is 0 Å². The maximum Gasteiger partial charge on any atom is 0.0653 e. The maximum absolute atomic E-state index is 10.6. The van der Waals surface area contributed by atoms with Crippen LogP contribution in [-0.4, -0.2) is 10.7 Å². The molecule has 0 aromatic carbocycles. The number of hydrogen-bond donors (Lipinski definition) is 1. The van der Waals surface area contributed by atoms with Crippen molar-refractivity contribution in [3.05, 3.63) is 11.6 Å². The Morgan fingerprint density at radius 3 is 2.62 bits per heavy atom. The molecule has 0 aromatic heterocycles. The highest BCUT2D eigenvalue weighted by molar-refractivity contribution is 5.14. The third-order valence-electron chi connectivity index (χ3n) is 4.95. The van der Waals surface area contributed by atoms with Gasteiger partial charge in [-0.1, -0.05) is 31.9 Å². The van der Waals surface area contributed by atoms with E-state index in [-0.39, 0.29) is 0 Å². The molecule has 1 N–H and O–H groups in total. The van der Waals surface area contributed by atoms with E-state index in [0.717, 1.165) is 6.42 Å². The Morgan fingerprint density at radius 2 is 1.94 bits per heavy atom. The smallest absolute Gasteiger partial charge is 0.0653 e. The molecular weight excluding hydrogens is 196 g/mol. The second-order valence-corrected chi connectivity index (χ2v) is 6.88. The van der Waals surface area contributed by atoms with Gasteiger partial charge in [0.2, 0.25) is 0 Å². The normalized spacial score (nSPS) is 43.2. The zero-order chi connectivity index (χ0) is 12.0. The Hall–Kier alpha value is -0.300. The van der Waals surface area contributed by atoms with E-state index in [1.165, 1.54) is 31.3 Å². The summed E-state index contributed by atoms with van der Waals surface area (Å²) in [5, 5.41) is 10.6. The summed E-state index contributed by atoms with van der Waals surface area (Å²) in [5.41, 5.74) is 1.43. The average Bonchev–Trinajstić information content (AvgIpc) is 2.23. The molecule has 3 atom stereocenters. The van der Waals surface area contributed by atoms with E-state index >= 15 is 0 Å². The molecule has 0 radical (unpaired) electrons. The summed E-state index contributed by atoms with van der Waals surface area (Å²) in [6.07, 6.45) is 8.18. The molecule has 0 heterocycles. The molecule has 0 aliphatic heterocycles. The summed E-state index contributed by atoms with van der Waals surface area (Å²) in [6, 6.07) is 0. The van der Waals surface area contributed by atoms with Crippen LogP contribution in [0.4, 0.5) is 0 Å². The predicted octanol–water partition coefficient (Wildman–Crippen LogP) is 3.92. The molecule has 1 saturated carbocycles. The Labute approximate surface area is 99.9 Å². The van der Waals surface area contributed by atoms with E-state index in [9.17, 15) is 5.11 Å². The van der Waals surface area contributed by atoms with Gasteiger partial charge in [0.25, 0.3) is 0 Å². The van der Waals surface area contributed by atoms with E-state index in [1.807, 2.05) is 0 Å². The first-order chi connectivity index (χ1) is 7.33. The van der Waals surface area contributed by atoms with Gasteiger partial charge in [-0.25, -0.2) is 0 Å². The predicted molar refractivity (Wildman–Crippen MR) is 68.2 cm³/mol. The lowest BCUT2D eigenvalue weighted by molar-refractivity contribution is -0.0380. The lowest BCUT2D eigenvalue weighted by Gasteiger charge is -2.44. The van der Waals surface area contributed by atoms with Gasteiger partial charge in [-0.3, -0.25) is 0 Å². The molecule has 2 rings (SSSR count). The van der Waals surface area contributed by atoms with Crippen molar-refractivity contribution in [2.45, 2.75) is 65.4 Å². The average molecular weight is 222 g/mol. The molecule has 2 aliphatic carbocycles. The van der Waals surface area contributed by atoms with Gasteiger partial charge in [-0.05, 0) is 56.8 Å². The summed E-state index contributed by atoms with van der Waals surface area (Å²) in [7, 11) is 0. The quantitative estimate of drug-likeness (QED) is 0.616. The second-order valence-electron chi connectivity index (χ2n) is 6.88. The molecule has 2 unspecified atom stereocenters. The number of fused-ring (bicyclic) bond motifs is 1. The fourth-order valence-corrected chi connectivity index (χ4v) is 3.79. The molecule has 1 fully saturated rings. The van der Waals surface area contributed by atoms with Gasteiger partial charge < -0.3 is 5.11 Å². The highest BCUT2D eigenvalue weighted by atomic mass is 16.3. The topological polar surface area (TPSA) is 20.2 Å². The lowest BCUT2D eigenvalue weighted by Crippen LogP contribution is -2.42. The molecule has 1 nitrogen and oxygen atoms in total. The third-order valence-corrected chi connectivity index (χ3v) is 4.95. The SMILES string of the molecule is CC1=CC2C(CC1)[C@@](C)(O)CCCC2(C)C. The van der Waals surface area contributed by atoms with E-state index in [1.54, 1.807) is 0 Å². The van der Waals surface area contributed by atoms with Crippen LogP contribution < -0.4 is 0 Å². The van der Waals surface area contributed by atoms with Crippen LogP contribution in [0.5, 0.6) is 0 Å². The number of aliphatic hydroxyl groups is 1. The van der Waals surface area contributed by atoms with Gasteiger partial charge in [0, 0.05) is 0 Å². The molecule has 0 amide bonds. The minimum Gasteiger partial charge on any atom is -0.390 e. The van der Waals surface area contributed by atoms with Crippen molar-refractivity contribution in [3.63, 3.8) is 0 Å². The Kier molecular flexibility index (Phi) is 2.94. The van der Waals surface area contributed by atoms with Crippen molar-refractivity contribution in [2.24, 2.45) is 17.3 Å². The van der Waals surface area contributed by atoms with Crippen LogP contribution in [0, 0.1) is 17.3 Å². The van der Waals surface area contributed by atoms with Gasteiger partial charge in [0.1, 0.15) is 0 Å². The summed E-state index contributed by atoms with van der Waals surface area (Å²) in [4.78, 5) is 0. The van der Waals surface area contributed by atoms with Gasteiger partial charge in [-0.2, -0.15) is 0 Å². The maximum atomic E-state index is 10.6. The zero-order valence-corrected chi connectivity index (χ0v) is 11.2. The molecule has 1 heteroatoms. The van der Waals surface area contributed by atoms with E-state index in [2.05, 4.69) is 33.8 Å². The van der Waals surface area contributed by atoms with Crippen molar-refractivity contribution in [3.8, 4) is 0 Å². The van der Waals surface area contributed by atoms with Crippen molar-refractivity contribution >= 4 is 0 Å². The zero-order valence-electron chi connectivity index (χ0n) is 11.2. The van der Waals surface area contributed by atoms with Crippen LogP contribution >= 0.6 is 0 Å². The van der Waals surface area contributed by atoms with Gasteiger partial charge in [0.15, 0.2) is 0 Å². The molecule has 0 aromatic rings. The van der Waals surface area contributed by atoms with Crippen LogP contribution in [0.3, 0.4) is 0 Å². The second kappa shape index (κ2) is 3.87. The van der Waals surface area contributed by atoms with Gasteiger partial charge in [-0.15, -0.1) is 0 Å². The summed E-state index contributed by atoms with van der Waals surface area (Å²) in [5.74, 6) is 1.03. The van der Waals surface area contributed by atoms with Crippen molar-refractivity contribution < 1.29 is 5.11 Å². The molecule has 0 spiro atoms. The number of hydrogen-bond acceptors (Lipinski definition) is 1. The van der Waals surface area contributed by atoms with Crippen molar-refractivity contribution in [1.82, 2.24) is 0 Å². The molecule has 2 aliphatic rings. The summed E-state index contributed by atoms with van der Waals surface area (Å²) >= 11 is 0. The van der Waals surface area contributed by atoms with Crippen molar-refractivity contribution in [2.75, 3.05) is 0 Å². The minimum absolute atomic E-state index is 0.354. The lowest BCUT2D eigenvalue weighted by atomic mass is 9.63. The Bertz CT molecular complexity index is 299. The first-order valence-electron chi connectivity index (χ1n) is 6.73. The van der Waals surface area contributed by atoms with Crippen LogP contribution in [0.2, 0.25) is 0 Å². The van der Waals surface area contributed by atoms with Crippen LogP contribution in [-0.2, 0) is 0 Å². The highest BCUT2D eigenvalue weighted by Gasteiger charge is 2.46. The van der Waals surface area contributed by atoms with Crippen molar-refractivity contribution in [1.29, 1.82) is 0 Å². The fraction of sp³-hybridized carbons (Fsp3) is 0.867. The summed E-state index contributed by atoms with van der Waals surface area (Å²) < 4.78 is 0. The standard InChI is InChI=1S/C15H26O/c1-11-6-7-12-13(10-11)14(2,3)8-5-9-15(12,4)16/h10,12-13,16H,5-9H2,1-4H3/t12?,13?,15-/m0/s1. The molecule has 92 valence electrons. The fourth-order valence-electron chi connectivity index (χ4n) is 3.79. The van der Waals surface area contributed by atoms with Crippen LogP contribution in [0.15, 0.2) is 11.6 Å². The van der Waals surface area contributed by atoms with E-state index < -0.39 is 5.60 Å². The van der Waals surface area contributed by atoms with Gasteiger partial charge >= 0.3 is 0 Å². The Balaban J connectivity index is 2.37. The number of rotatable bonds is 0. The largest absolute Gasteiger partial charge is 0.390 e. The molecule has 16 heavy (non-hydrogen) atoms. The number of allylic oxidation sites excluding steroid dienone is 2. The molecular formula is C15H26O. The van der Waals surface area contributed by atoms with E-state index in [4.69, 9.17) is 0 Å². The first-order valence-corrected chi connectivity index (χ1v) is 6.73. The third kappa shape index (κ3) is 2.07. The molecule has 0 bridgehead atoms. The Morgan fingerprint density at radius 1 is 1.25 bits per heavy atom. The molecule has 0 saturated heterocycles. The van der Waals surface area contributed by atoms with Gasteiger partial charge in [0.05, 0.1) is 5.60 Å². The van der Waals surface area contributed by atoms with E-state index in [0.29, 0.717) is 17.3 Å². The highest BCUT2D eigenvalue weighted by Crippen LogP contribution is 2.51. The van der Waals surface area contributed by atoms with Crippen LogP contribution in [0.1, 0.15) is 59.8 Å². The summed E-state index contributed by atoms with van der Waals surface area (Å²) in [6.45, 7) is 9.05. The minimum atomic E-state index is -0.449. The monoisotopic (exact) mass is 222 g/mol.